The van der Waals surface area contributed by atoms with Crippen LogP contribution in [0, 0.1) is 0 Å². The molecule has 26 heavy (non-hydrogen) atoms. The van der Waals surface area contributed by atoms with Crippen LogP contribution in [0.4, 0.5) is 4.39 Å². The van der Waals surface area contributed by atoms with Crippen molar-refractivity contribution in [2.45, 2.75) is 50.1 Å². The Hall–Kier alpha value is -0.750. The molecular formula is C20H21BrClFO2S. The fourth-order valence-electron chi connectivity index (χ4n) is 3.11. The highest BCUT2D eigenvalue weighted by Crippen LogP contribution is 2.47. The van der Waals surface area contributed by atoms with Crippen LogP contribution < -0.4 is 0 Å². The highest BCUT2D eigenvalue weighted by Gasteiger charge is 2.33. The molecule has 1 heterocycles. The molecule has 0 aromatic carbocycles. The van der Waals surface area contributed by atoms with E-state index in [1.54, 1.807) is 23.9 Å². The second kappa shape index (κ2) is 8.09. The quantitative estimate of drug-likeness (QED) is 0.518. The number of aliphatic hydroxyl groups excluding tert-OH is 1. The molecule has 3 rings (SSSR count). The van der Waals surface area contributed by atoms with Gasteiger partial charge in [0.25, 0.3) is 0 Å². The Morgan fingerprint density at radius 2 is 2.15 bits per heavy atom. The molecule has 2 atom stereocenters. The van der Waals surface area contributed by atoms with Crippen LogP contribution in [0.5, 0.6) is 0 Å². The highest BCUT2D eigenvalue weighted by molar-refractivity contribution is 9.12. The number of ether oxygens (including phenoxy) is 1. The summed E-state index contributed by atoms with van der Waals surface area (Å²) >= 11 is 11.5. The number of hydrogen-bond acceptors (Lipinski definition) is 3. The first-order chi connectivity index (χ1) is 12.2. The first kappa shape index (κ1) is 20.0. The SMILES string of the molecule is CC1(C)CC(O)C2=C(Br)C(OC3/C=C\C(F)=C/C/C(Cl)=C\3)=CC=C(C2)S1. The van der Waals surface area contributed by atoms with Crippen LogP contribution in [0.3, 0.4) is 0 Å². The third-order valence-corrected chi connectivity index (χ3v) is 6.77. The lowest BCUT2D eigenvalue weighted by Crippen LogP contribution is -2.23. The summed E-state index contributed by atoms with van der Waals surface area (Å²) in [6.45, 7) is 4.28. The number of hydrogen-bond donors (Lipinski definition) is 1. The van der Waals surface area contributed by atoms with E-state index in [9.17, 15) is 9.50 Å². The summed E-state index contributed by atoms with van der Waals surface area (Å²) in [6.07, 6.45) is 10.8. The molecule has 1 saturated heterocycles. The van der Waals surface area contributed by atoms with Gasteiger partial charge < -0.3 is 9.84 Å². The second-order valence-corrected chi connectivity index (χ2v) is 10.2. The monoisotopic (exact) mass is 458 g/mol. The van der Waals surface area contributed by atoms with Gasteiger partial charge in [0.15, 0.2) is 0 Å². The van der Waals surface area contributed by atoms with Crippen molar-refractivity contribution in [1.29, 1.82) is 0 Å². The van der Waals surface area contributed by atoms with Crippen molar-refractivity contribution in [2.24, 2.45) is 0 Å². The molecule has 6 heteroatoms. The highest BCUT2D eigenvalue weighted by atomic mass is 79.9. The van der Waals surface area contributed by atoms with Crippen LogP contribution in [0.2, 0.25) is 0 Å². The number of allylic oxidation sites excluding steroid dienone is 8. The first-order valence-corrected chi connectivity index (χ1v) is 10.5. The van der Waals surface area contributed by atoms with Crippen molar-refractivity contribution < 1.29 is 14.2 Å². The van der Waals surface area contributed by atoms with Gasteiger partial charge in [0.1, 0.15) is 17.7 Å². The molecule has 0 amide bonds. The zero-order valence-electron chi connectivity index (χ0n) is 14.6. The van der Waals surface area contributed by atoms with Crippen molar-refractivity contribution in [3.8, 4) is 0 Å². The predicted molar refractivity (Wildman–Crippen MR) is 111 cm³/mol. The molecule has 1 N–H and O–H groups in total. The molecule has 3 aliphatic rings. The van der Waals surface area contributed by atoms with Gasteiger partial charge in [0.05, 0.1) is 10.6 Å². The minimum absolute atomic E-state index is 0.0329. The summed E-state index contributed by atoms with van der Waals surface area (Å²) in [5, 5.41) is 11.2. The summed E-state index contributed by atoms with van der Waals surface area (Å²) in [5.41, 5.74) is 0.911. The van der Waals surface area contributed by atoms with E-state index in [1.807, 2.05) is 12.2 Å². The van der Waals surface area contributed by atoms with Gasteiger partial charge in [-0.1, -0.05) is 25.4 Å². The van der Waals surface area contributed by atoms with Crippen LogP contribution in [0.15, 0.2) is 68.0 Å². The van der Waals surface area contributed by atoms with Crippen LogP contribution in [0.25, 0.3) is 0 Å². The van der Waals surface area contributed by atoms with Gasteiger partial charge in [0, 0.05) is 22.6 Å². The summed E-state index contributed by atoms with van der Waals surface area (Å²) in [6, 6.07) is 0. The molecule has 1 fully saturated rings. The molecular weight excluding hydrogens is 439 g/mol. The topological polar surface area (TPSA) is 29.5 Å². The zero-order chi connectivity index (χ0) is 18.9. The lowest BCUT2D eigenvalue weighted by Gasteiger charge is -2.25. The van der Waals surface area contributed by atoms with Crippen LogP contribution in [0.1, 0.15) is 33.1 Å². The molecule has 0 aromatic heterocycles. The van der Waals surface area contributed by atoms with E-state index in [-0.39, 0.29) is 10.6 Å². The van der Waals surface area contributed by atoms with Crippen molar-refractivity contribution >= 4 is 39.3 Å². The van der Waals surface area contributed by atoms with E-state index in [1.165, 1.54) is 17.1 Å². The van der Waals surface area contributed by atoms with Gasteiger partial charge in [-0.15, -0.1) is 11.8 Å². The maximum absolute atomic E-state index is 13.6. The molecule has 2 nitrogen and oxygen atoms in total. The largest absolute Gasteiger partial charge is 0.481 e. The molecule has 140 valence electrons. The molecule has 2 bridgehead atoms. The normalized spacial score (nSPS) is 33.9. The summed E-state index contributed by atoms with van der Waals surface area (Å²) in [4.78, 5) is 1.19. The van der Waals surface area contributed by atoms with Crippen molar-refractivity contribution in [1.82, 2.24) is 0 Å². The Balaban J connectivity index is 1.92. The predicted octanol–water partition coefficient (Wildman–Crippen LogP) is 6.40. The lowest BCUT2D eigenvalue weighted by molar-refractivity contribution is 0.182. The van der Waals surface area contributed by atoms with Crippen molar-refractivity contribution in [2.75, 3.05) is 0 Å². The smallest absolute Gasteiger partial charge is 0.137 e. The number of aliphatic hydroxyl groups is 1. The average molecular weight is 460 g/mol. The Labute approximate surface area is 171 Å². The number of fused-ring (bicyclic) bond motifs is 2. The molecule has 0 saturated carbocycles. The molecule has 0 spiro atoms. The summed E-state index contributed by atoms with van der Waals surface area (Å²) in [7, 11) is 0. The van der Waals surface area contributed by atoms with Gasteiger partial charge in [-0.3, -0.25) is 0 Å². The van der Waals surface area contributed by atoms with E-state index in [2.05, 4.69) is 29.8 Å². The number of thioether (sulfide) groups is 1. The number of rotatable bonds is 2. The lowest BCUT2D eigenvalue weighted by atomic mass is 9.97. The van der Waals surface area contributed by atoms with Gasteiger partial charge in [-0.05, 0) is 69.3 Å². The Kier molecular flexibility index (Phi) is 6.22. The van der Waals surface area contributed by atoms with E-state index in [0.717, 1.165) is 10.1 Å². The number of halogens is 3. The van der Waals surface area contributed by atoms with Gasteiger partial charge in [0.2, 0.25) is 0 Å². The molecule has 0 aromatic rings. The maximum atomic E-state index is 13.6. The molecule has 0 radical (unpaired) electrons. The fourth-order valence-corrected chi connectivity index (χ4v) is 5.25. The summed E-state index contributed by atoms with van der Waals surface area (Å²) in [5.74, 6) is 0.273. The van der Waals surface area contributed by atoms with Gasteiger partial charge in [-0.2, -0.15) is 0 Å². The van der Waals surface area contributed by atoms with Gasteiger partial charge >= 0.3 is 0 Å². The van der Waals surface area contributed by atoms with E-state index in [0.29, 0.717) is 30.1 Å². The minimum Gasteiger partial charge on any atom is -0.481 e. The minimum atomic E-state index is -0.546. The van der Waals surface area contributed by atoms with Crippen molar-refractivity contribution in [3.05, 3.63) is 68.0 Å². The Bertz CT molecular complexity index is 777. The third-order valence-electron chi connectivity index (χ3n) is 4.32. The van der Waals surface area contributed by atoms with E-state index >= 15 is 0 Å². The van der Waals surface area contributed by atoms with Crippen LogP contribution in [-0.4, -0.2) is 22.1 Å². The molecule has 2 unspecified atom stereocenters. The molecule has 2 aliphatic carbocycles. The second-order valence-electron chi connectivity index (χ2n) is 7.11. The van der Waals surface area contributed by atoms with Crippen LogP contribution >= 0.6 is 39.3 Å². The standard InChI is InChI=1S/C20H21BrClFO2S/c1-20(2)11-17(24)16-10-15(26-20)7-8-18(19(16)21)25-14-6-5-13(23)4-3-12(22)9-14/h4-9,14,17,24H,3,10-11H2,1-2H3/b6-5-,12-9+,13-4+. The Morgan fingerprint density at radius 3 is 2.92 bits per heavy atom. The average Bonchev–Trinajstić information content (AvgIpc) is 2.76. The Morgan fingerprint density at radius 1 is 1.38 bits per heavy atom. The maximum Gasteiger partial charge on any atom is 0.137 e. The zero-order valence-corrected chi connectivity index (χ0v) is 17.8. The third kappa shape index (κ3) is 4.94. The van der Waals surface area contributed by atoms with Crippen LogP contribution in [-0.2, 0) is 4.74 Å². The van der Waals surface area contributed by atoms with E-state index < -0.39 is 12.2 Å². The first-order valence-electron chi connectivity index (χ1n) is 8.47. The summed E-state index contributed by atoms with van der Waals surface area (Å²) < 4.78 is 20.4. The molecule has 1 aliphatic heterocycles. The van der Waals surface area contributed by atoms with E-state index in [4.69, 9.17) is 16.3 Å². The van der Waals surface area contributed by atoms with Crippen molar-refractivity contribution in [3.63, 3.8) is 0 Å². The van der Waals surface area contributed by atoms with Gasteiger partial charge in [-0.25, -0.2) is 4.39 Å². The fraction of sp³-hybridized carbons (Fsp3) is 0.400.